The Morgan fingerprint density at radius 3 is 2.43 bits per heavy atom. The molecule has 0 aliphatic carbocycles. The van der Waals surface area contributed by atoms with E-state index in [1.807, 2.05) is 0 Å². The molecule has 1 aliphatic heterocycles. The quantitative estimate of drug-likeness (QED) is 0.289. The van der Waals surface area contributed by atoms with Gasteiger partial charge in [-0.1, -0.05) is 12.1 Å². The monoisotopic (exact) mass is 663 g/mol. The van der Waals surface area contributed by atoms with Gasteiger partial charge < -0.3 is 25.6 Å². The average molecular weight is 664 g/mol. The summed E-state index contributed by atoms with van der Waals surface area (Å²) in [7, 11) is -0.893. The highest BCUT2D eigenvalue weighted by Gasteiger charge is 2.35. The summed E-state index contributed by atoms with van der Waals surface area (Å²) in [5.41, 5.74) is 1.00. The zero-order valence-electron chi connectivity index (χ0n) is 26.0. The number of aryl methyl sites for hydroxylation is 1. The number of carbonyl (C=O) groups excluding carboxylic acids is 2. The lowest BCUT2D eigenvalue weighted by atomic mass is 10.0. The third kappa shape index (κ3) is 8.35. The summed E-state index contributed by atoms with van der Waals surface area (Å²) in [6, 6.07) is 9.43. The van der Waals surface area contributed by atoms with E-state index in [9.17, 15) is 31.2 Å². The molecule has 46 heavy (non-hydrogen) atoms. The molecule has 0 bridgehead atoms. The Kier molecular flexibility index (Phi) is 10.3. The van der Waals surface area contributed by atoms with Crippen molar-refractivity contribution in [1.82, 2.24) is 20.2 Å². The largest absolute Gasteiger partial charge is 0.495 e. The number of sulfonamides is 1. The van der Waals surface area contributed by atoms with Crippen LogP contribution in [0.15, 0.2) is 42.6 Å². The first-order valence-corrected chi connectivity index (χ1v) is 16.1. The predicted molar refractivity (Wildman–Crippen MR) is 168 cm³/mol. The fraction of sp³-hybridized carbons (Fsp3) is 0.400. The maximum absolute atomic E-state index is 13.9. The van der Waals surface area contributed by atoms with E-state index in [4.69, 9.17) is 4.74 Å². The van der Waals surface area contributed by atoms with Gasteiger partial charge in [0.1, 0.15) is 17.1 Å². The number of anilines is 4. The van der Waals surface area contributed by atoms with Gasteiger partial charge in [-0.15, -0.1) is 0 Å². The van der Waals surface area contributed by atoms with Crippen LogP contribution in [0.25, 0.3) is 0 Å². The first-order chi connectivity index (χ1) is 21.6. The number of aromatic nitrogens is 2. The number of halogens is 3. The van der Waals surface area contributed by atoms with Gasteiger partial charge in [0.25, 0.3) is 5.91 Å². The first-order valence-electron chi connectivity index (χ1n) is 14.3. The lowest BCUT2D eigenvalue weighted by molar-refractivity contribution is -0.137. The molecule has 0 atom stereocenters. The summed E-state index contributed by atoms with van der Waals surface area (Å²) in [6.45, 7) is 4.23. The summed E-state index contributed by atoms with van der Waals surface area (Å²) in [4.78, 5) is 34.1. The van der Waals surface area contributed by atoms with Gasteiger partial charge in [0, 0.05) is 51.4 Å². The van der Waals surface area contributed by atoms with Gasteiger partial charge in [-0.05, 0) is 55.2 Å². The number of benzene rings is 2. The fourth-order valence-corrected chi connectivity index (χ4v) is 5.45. The van der Waals surface area contributed by atoms with E-state index >= 15 is 0 Å². The van der Waals surface area contributed by atoms with Gasteiger partial charge in [-0.3, -0.25) is 13.9 Å². The lowest BCUT2D eigenvalue weighted by Gasteiger charge is -2.31. The van der Waals surface area contributed by atoms with Crippen LogP contribution in [0.5, 0.6) is 5.75 Å². The van der Waals surface area contributed by atoms with Crippen LogP contribution in [0.2, 0.25) is 0 Å². The van der Waals surface area contributed by atoms with Crippen molar-refractivity contribution < 1.29 is 35.9 Å². The second-order valence-corrected chi connectivity index (χ2v) is 13.0. The number of ether oxygens (including phenoxy) is 1. The Labute approximate surface area is 265 Å². The van der Waals surface area contributed by atoms with Crippen molar-refractivity contribution >= 4 is 45.0 Å². The van der Waals surface area contributed by atoms with Crippen molar-refractivity contribution in [3.63, 3.8) is 0 Å². The van der Waals surface area contributed by atoms with Gasteiger partial charge in [0.2, 0.25) is 21.9 Å². The van der Waals surface area contributed by atoms with Crippen molar-refractivity contribution in [2.24, 2.45) is 0 Å². The molecule has 12 nitrogen and oxygen atoms in total. The summed E-state index contributed by atoms with van der Waals surface area (Å²) in [5.74, 6) is -0.814. The first kappa shape index (κ1) is 34.3. The van der Waals surface area contributed by atoms with Crippen molar-refractivity contribution in [2.75, 3.05) is 48.4 Å². The molecule has 1 saturated heterocycles. The summed E-state index contributed by atoms with van der Waals surface area (Å²) in [6.07, 6.45) is -1.85. The minimum absolute atomic E-state index is 0.00429. The molecular formula is C30H36F3N7O5S. The predicted octanol–water partition coefficient (Wildman–Crippen LogP) is 4.30. The van der Waals surface area contributed by atoms with E-state index in [0.29, 0.717) is 54.6 Å². The summed E-state index contributed by atoms with van der Waals surface area (Å²) in [5, 5.41) is 8.50. The zero-order chi connectivity index (χ0) is 33.8. The van der Waals surface area contributed by atoms with Crippen molar-refractivity contribution in [1.29, 1.82) is 0 Å². The lowest BCUT2D eigenvalue weighted by Crippen LogP contribution is -2.46. The number of methoxy groups -OCH3 is 1. The van der Waals surface area contributed by atoms with E-state index in [0.717, 1.165) is 16.1 Å². The van der Waals surface area contributed by atoms with E-state index in [-0.39, 0.29) is 36.1 Å². The van der Waals surface area contributed by atoms with Crippen LogP contribution in [-0.2, 0) is 27.5 Å². The number of piperidine rings is 1. The number of nitrogens with zero attached hydrogens (tertiary/aromatic N) is 4. The molecule has 0 saturated carbocycles. The Morgan fingerprint density at radius 1 is 1.13 bits per heavy atom. The third-order valence-corrected chi connectivity index (χ3v) is 8.80. The van der Waals surface area contributed by atoms with Crippen molar-refractivity contribution in [3.05, 3.63) is 64.8 Å². The SMILES string of the molecule is COc1cc(C(=O)NC2CCN(C(C)=O)CC2)ccc1Nc1ncc(C(F)(F)F)c(NCc2ccc(C)cc2N(C)S(C)(=O)=O)n1. The summed E-state index contributed by atoms with van der Waals surface area (Å²) >= 11 is 0. The molecule has 1 aromatic heterocycles. The maximum atomic E-state index is 13.9. The van der Waals surface area contributed by atoms with Gasteiger partial charge in [0.15, 0.2) is 0 Å². The second-order valence-electron chi connectivity index (χ2n) is 11.0. The van der Waals surface area contributed by atoms with Crippen molar-refractivity contribution in [3.8, 4) is 5.75 Å². The van der Waals surface area contributed by atoms with E-state index in [2.05, 4.69) is 25.9 Å². The highest BCUT2D eigenvalue weighted by Crippen LogP contribution is 2.36. The summed E-state index contributed by atoms with van der Waals surface area (Å²) < 4.78 is 72.6. The number of alkyl halides is 3. The zero-order valence-corrected chi connectivity index (χ0v) is 26.8. The normalized spacial score (nSPS) is 14.0. The van der Waals surface area contributed by atoms with Crippen LogP contribution >= 0.6 is 0 Å². The fourth-order valence-electron chi connectivity index (χ4n) is 4.92. The Bertz CT molecular complexity index is 1710. The Morgan fingerprint density at radius 2 is 1.83 bits per heavy atom. The highest BCUT2D eigenvalue weighted by molar-refractivity contribution is 7.92. The van der Waals surface area contributed by atoms with Gasteiger partial charge >= 0.3 is 6.18 Å². The van der Waals surface area contributed by atoms with E-state index in [1.165, 1.54) is 39.3 Å². The molecule has 0 radical (unpaired) electrons. The van der Waals surface area contributed by atoms with Crippen LogP contribution in [-0.4, -0.2) is 74.6 Å². The topological polar surface area (TPSA) is 146 Å². The molecule has 0 unspecified atom stereocenters. The Balaban J connectivity index is 1.54. The standard InChI is InChI=1S/C30H36F3N7O5S/c1-18-6-7-21(25(14-18)39(3)46(5,43)44)16-34-27-23(30(31,32)33)17-35-29(38-27)37-24-9-8-20(15-26(24)45-4)28(42)36-22-10-12-40(13-11-22)19(2)41/h6-9,14-15,17,22H,10-13,16H2,1-5H3,(H,36,42)(H2,34,35,37,38). The third-order valence-electron chi connectivity index (χ3n) is 7.60. The smallest absolute Gasteiger partial charge is 0.421 e. The molecule has 248 valence electrons. The second kappa shape index (κ2) is 13.8. The molecule has 3 N–H and O–H groups in total. The highest BCUT2D eigenvalue weighted by atomic mass is 32.2. The van der Waals surface area contributed by atoms with Crippen LogP contribution in [0.3, 0.4) is 0 Å². The number of likely N-dealkylation sites (tertiary alicyclic amines) is 1. The van der Waals surface area contributed by atoms with Crippen LogP contribution in [0.1, 0.15) is 46.8 Å². The molecule has 0 spiro atoms. The number of amides is 2. The van der Waals surface area contributed by atoms with Gasteiger partial charge in [-0.2, -0.15) is 18.2 Å². The molecule has 2 heterocycles. The van der Waals surface area contributed by atoms with Crippen LogP contribution < -0.4 is 25.0 Å². The molecule has 2 amide bonds. The number of hydrogen-bond donors (Lipinski definition) is 3. The maximum Gasteiger partial charge on any atom is 0.421 e. The molecule has 3 aromatic rings. The van der Waals surface area contributed by atoms with Crippen LogP contribution in [0.4, 0.5) is 36.3 Å². The number of nitrogens with one attached hydrogen (secondary N) is 3. The Hall–Kier alpha value is -4.60. The number of carbonyl (C=O) groups is 2. The van der Waals surface area contributed by atoms with Gasteiger partial charge in [0.05, 0.1) is 24.7 Å². The molecule has 1 fully saturated rings. The molecular weight excluding hydrogens is 627 g/mol. The average Bonchev–Trinajstić information content (AvgIpc) is 2.99. The molecule has 4 rings (SSSR count). The molecule has 16 heteroatoms. The minimum atomic E-state index is -4.78. The minimum Gasteiger partial charge on any atom is -0.495 e. The van der Waals surface area contributed by atoms with Gasteiger partial charge in [-0.25, -0.2) is 13.4 Å². The molecule has 1 aliphatic rings. The number of hydrogen-bond acceptors (Lipinski definition) is 9. The van der Waals surface area contributed by atoms with E-state index in [1.54, 1.807) is 30.0 Å². The van der Waals surface area contributed by atoms with E-state index < -0.39 is 27.6 Å². The molecule has 2 aromatic carbocycles. The van der Waals surface area contributed by atoms with Crippen LogP contribution in [0, 0.1) is 6.92 Å². The number of rotatable bonds is 10. The van der Waals surface area contributed by atoms with Crippen molar-refractivity contribution in [2.45, 2.75) is 45.5 Å².